The first kappa shape index (κ1) is 19.7. The molecule has 0 bridgehead atoms. The maximum Gasteiger partial charge on any atom is 0.246 e. The van der Waals surface area contributed by atoms with Gasteiger partial charge in [0.2, 0.25) is 11.9 Å². The predicted molar refractivity (Wildman–Crippen MR) is 105 cm³/mol. The third-order valence-corrected chi connectivity index (χ3v) is 4.44. The van der Waals surface area contributed by atoms with Gasteiger partial charge in [-0.25, -0.2) is 13.8 Å². The number of aryl methyl sites for hydroxylation is 1. The fourth-order valence-corrected chi connectivity index (χ4v) is 3.00. The summed E-state index contributed by atoms with van der Waals surface area (Å²) in [6, 6.07) is 5.04. The maximum atomic E-state index is 13.7. The van der Waals surface area contributed by atoms with E-state index in [4.69, 9.17) is 0 Å². The molecule has 6 nitrogen and oxygen atoms in total. The van der Waals surface area contributed by atoms with Crippen molar-refractivity contribution in [2.24, 2.45) is 0 Å². The van der Waals surface area contributed by atoms with Crippen molar-refractivity contribution in [1.82, 2.24) is 14.9 Å². The summed E-state index contributed by atoms with van der Waals surface area (Å²) in [5, 5.41) is 3.19. The number of anilines is 2. The van der Waals surface area contributed by atoms with Gasteiger partial charge in [0.25, 0.3) is 0 Å². The first-order chi connectivity index (χ1) is 13.5. The highest BCUT2D eigenvalue weighted by molar-refractivity contribution is 5.92. The molecule has 0 saturated carbocycles. The van der Waals surface area contributed by atoms with E-state index in [9.17, 15) is 13.6 Å². The van der Waals surface area contributed by atoms with E-state index in [1.54, 1.807) is 4.90 Å². The van der Waals surface area contributed by atoms with Crippen molar-refractivity contribution in [3.63, 3.8) is 0 Å². The Hall–Kier alpha value is -3.03. The lowest BCUT2D eigenvalue weighted by atomic mass is 10.2. The molecule has 1 aromatic heterocycles. The first-order valence-corrected chi connectivity index (χ1v) is 9.23. The minimum atomic E-state index is -0.566. The Bertz CT molecular complexity index is 879. The van der Waals surface area contributed by atoms with Crippen LogP contribution < -0.4 is 10.2 Å². The number of amides is 1. The van der Waals surface area contributed by atoms with E-state index in [1.165, 1.54) is 12.2 Å². The highest BCUT2D eigenvalue weighted by Gasteiger charge is 2.22. The quantitative estimate of drug-likeness (QED) is 0.800. The topological polar surface area (TPSA) is 61.4 Å². The van der Waals surface area contributed by atoms with E-state index >= 15 is 0 Å². The van der Waals surface area contributed by atoms with Crippen LogP contribution in [0.5, 0.6) is 0 Å². The zero-order valence-corrected chi connectivity index (χ0v) is 16.0. The van der Waals surface area contributed by atoms with E-state index in [1.807, 2.05) is 24.8 Å². The molecule has 1 aliphatic rings. The van der Waals surface area contributed by atoms with Gasteiger partial charge in [0.05, 0.1) is 0 Å². The Morgan fingerprint density at radius 1 is 1.18 bits per heavy atom. The van der Waals surface area contributed by atoms with Crippen molar-refractivity contribution in [3.8, 4) is 0 Å². The summed E-state index contributed by atoms with van der Waals surface area (Å²) in [7, 11) is 0. The molecule has 148 valence electrons. The summed E-state index contributed by atoms with van der Waals surface area (Å²) in [4.78, 5) is 25.1. The molecule has 0 aliphatic carbocycles. The van der Waals surface area contributed by atoms with Gasteiger partial charge in [0.1, 0.15) is 17.5 Å². The monoisotopic (exact) mass is 387 g/mol. The standard InChI is InChI=1S/C20H23F2N5O/c1-3-23-18-12-14(2)24-20(25-18)27-10-8-26(9-11-27)19(28)7-4-15-13-16(21)5-6-17(15)22/h4-7,12-13H,3,8-11H2,1-2H3,(H,23,24,25)/b7-4+. The van der Waals surface area contributed by atoms with Gasteiger partial charge in [0, 0.05) is 56.1 Å². The molecule has 3 rings (SSSR count). The number of benzene rings is 1. The van der Waals surface area contributed by atoms with Gasteiger partial charge < -0.3 is 15.1 Å². The van der Waals surface area contributed by atoms with Gasteiger partial charge in [0.15, 0.2) is 0 Å². The summed E-state index contributed by atoms with van der Waals surface area (Å²) in [6.07, 6.45) is 2.58. The van der Waals surface area contributed by atoms with Crippen molar-refractivity contribution in [3.05, 3.63) is 53.2 Å². The molecule has 1 aliphatic heterocycles. The zero-order valence-electron chi connectivity index (χ0n) is 16.0. The summed E-state index contributed by atoms with van der Waals surface area (Å²) in [5.74, 6) is 0.0753. The fourth-order valence-electron chi connectivity index (χ4n) is 3.00. The predicted octanol–water partition coefficient (Wildman–Crippen LogP) is 2.86. The smallest absolute Gasteiger partial charge is 0.246 e. The number of halogens is 2. The number of rotatable bonds is 5. The molecule has 2 heterocycles. The molecule has 2 aromatic rings. The molecule has 0 radical (unpaired) electrons. The average Bonchev–Trinajstić information content (AvgIpc) is 2.68. The van der Waals surface area contributed by atoms with Crippen molar-refractivity contribution in [1.29, 1.82) is 0 Å². The largest absolute Gasteiger partial charge is 0.370 e. The van der Waals surface area contributed by atoms with Gasteiger partial charge in [-0.2, -0.15) is 4.98 Å². The Kier molecular flexibility index (Phi) is 6.18. The summed E-state index contributed by atoms with van der Waals surface area (Å²) in [5.41, 5.74) is 0.926. The second-order valence-electron chi connectivity index (χ2n) is 6.54. The second kappa shape index (κ2) is 8.77. The number of piperazine rings is 1. The van der Waals surface area contributed by atoms with Gasteiger partial charge >= 0.3 is 0 Å². The molecule has 1 amide bonds. The van der Waals surface area contributed by atoms with Crippen LogP contribution in [0.2, 0.25) is 0 Å². The lowest BCUT2D eigenvalue weighted by molar-refractivity contribution is -0.126. The van der Waals surface area contributed by atoms with Crippen LogP contribution in [0.15, 0.2) is 30.3 Å². The van der Waals surface area contributed by atoms with E-state index in [2.05, 4.69) is 15.3 Å². The van der Waals surface area contributed by atoms with Gasteiger partial charge in [-0.1, -0.05) is 0 Å². The molecule has 1 fully saturated rings. The Balaban J connectivity index is 1.61. The molecule has 28 heavy (non-hydrogen) atoms. The molecular formula is C20H23F2N5O. The average molecular weight is 387 g/mol. The fraction of sp³-hybridized carbons (Fsp3) is 0.350. The SMILES string of the molecule is CCNc1cc(C)nc(N2CCN(C(=O)/C=C/c3cc(F)ccc3F)CC2)n1. The lowest BCUT2D eigenvalue weighted by Gasteiger charge is -2.34. The summed E-state index contributed by atoms with van der Waals surface area (Å²) in [6.45, 7) is 6.90. The van der Waals surface area contributed by atoms with Crippen LogP contribution in [0.3, 0.4) is 0 Å². The van der Waals surface area contributed by atoms with E-state index in [0.29, 0.717) is 32.1 Å². The number of nitrogens with one attached hydrogen (secondary N) is 1. The van der Waals surface area contributed by atoms with Crippen LogP contribution >= 0.6 is 0 Å². The van der Waals surface area contributed by atoms with Crippen LogP contribution in [0, 0.1) is 18.6 Å². The van der Waals surface area contributed by atoms with E-state index in [-0.39, 0.29) is 11.5 Å². The van der Waals surface area contributed by atoms with Crippen LogP contribution in [0.1, 0.15) is 18.2 Å². The molecule has 0 spiro atoms. The van der Waals surface area contributed by atoms with Crippen LogP contribution in [-0.2, 0) is 4.79 Å². The minimum Gasteiger partial charge on any atom is -0.370 e. The number of nitrogens with zero attached hydrogens (tertiary/aromatic N) is 4. The molecule has 1 N–H and O–H groups in total. The minimum absolute atomic E-state index is 0.0519. The number of hydrogen-bond acceptors (Lipinski definition) is 5. The normalized spacial score (nSPS) is 14.6. The summed E-state index contributed by atoms with van der Waals surface area (Å²) < 4.78 is 26.9. The highest BCUT2D eigenvalue weighted by atomic mass is 19.1. The number of aromatic nitrogens is 2. The molecule has 0 unspecified atom stereocenters. The Morgan fingerprint density at radius 2 is 1.93 bits per heavy atom. The van der Waals surface area contributed by atoms with E-state index in [0.717, 1.165) is 36.3 Å². The zero-order chi connectivity index (χ0) is 20.1. The third-order valence-electron chi connectivity index (χ3n) is 4.44. The van der Waals surface area contributed by atoms with Gasteiger partial charge in [-0.3, -0.25) is 4.79 Å². The third kappa shape index (κ3) is 4.82. The van der Waals surface area contributed by atoms with Gasteiger partial charge in [-0.15, -0.1) is 0 Å². The summed E-state index contributed by atoms with van der Waals surface area (Å²) >= 11 is 0. The van der Waals surface area contributed by atoms with E-state index < -0.39 is 11.6 Å². The van der Waals surface area contributed by atoms with Crippen LogP contribution in [0.25, 0.3) is 6.08 Å². The molecular weight excluding hydrogens is 364 g/mol. The number of hydrogen-bond donors (Lipinski definition) is 1. The number of carbonyl (C=O) groups is 1. The number of carbonyl (C=O) groups excluding carboxylic acids is 1. The van der Waals surface area contributed by atoms with Crippen LogP contribution in [-0.4, -0.2) is 53.5 Å². The van der Waals surface area contributed by atoms with Crippen molar-refractivity contribution >= 4 is 23.7 Å². The van der Waals surface area contributed by atoms with Crippen molar-refractivity contribution in [2.45, 2.75) is 13.8 Å². The molecule has 1 aromatic carbocycles. The second-order valence-corrected chi connectivity index (χ2v) is 6.54. The molecule has 0 atom stereocenters. The molecule has 1 saturated heterocycles. The van der Waals surface area contributed by atoms with Crippen LogP contribution in [0.4, 0.5) is 20.5 Å². The molecule has 8 heteroatoms. The Morgan fingerprint density at radius 3 is 2.64 bits per heavy atom. The highest BCUT2D eigenvalue weighted by Crippen LogP contribution is 2.16. The maximum absolute atomic E-state index is 13.7. The van der Waals surface area contributed by atoms with Crippen molar-refractivity contribution in [2.75, 3.05) is 42.9 Å². The van der Waals surface area contributed by atoms with Gasteiger partial charge in [-0.05, 0) is 38.1 Å². The van der Waals surface area contributed by atoms with Crippen molar-refractivity contribution < 1.29 is 13.6 Å². The lowest BCUT2D eigenvalue weighted by Crippen LogP contribution is -2.48. The first-order valence-electron chi connectivity index (χ1n) is 9.23. The Labute approximate surface area is 162 Å².